The molecule has 3 rings (SSSR count). The summed E-state index contributed by atoms with van der Waals surface area (Å²) in [5.74, 6) is 1.44. The van der Waals surface area contributed by atoms with E-state index >= 15 is 0 Å². The monoisotopic (exact) mass is 276 g/mol. The number of aromatic nitrogens is 2. The first kappa shape index (κ1) is 11.4. The zero-order valence-electron chi connectivity index (χ0n) is 9.55. The lowest BCUT2D eigenvalue weighted by Crippen LogP contribution is -1.89. The quantitative estimate of drug-likeness (QED) is 0.663. The van der Waals surface area contributed by atoms with Crippen LogP contribution in [-0.4, -0.2) is 17.1 Å². The summed E-state index contributed by atoms with van der Waals surface area (Å²) in [6.07, 6.45) is 0. The molecule has 2 heterocycles. The molecule has 0 N–H and O–H groups in total. The number of para-hydroxylation sites is 1. The summed E-state index contributed by atoms with van der Waals surface area (Å²) in [6, 6.07) is 9.61. The summed E-state index contributed by atoms with van der Waals surface area (Å²) in [4.78, 5) is 9.79. The molecule has 0 aliphatic carbocycles. The van der Waals surface area contributed by atoms with Gasteiger partial charge in [-0.3, -0.25) is 0 Å². The summed E-state index contributed by atoms with van der Waals surface area (Å²) in [7, 11) is 1.64. The Morgan fingerprint density at radius 1 is 1.22 bits per heavy atom. The van der Waals surface area contributed by atoms with Gasteiger partial charge in [0.1, 0.15) is 10.9 Å². The molecule has 2 aromatic heterocycles. The van der Waals surface area contributed by atoms with Crippen LogP contribution in [0.15, 0.2) is 35.7 Å². The number of thiophene rings is 1. The summed E-state index contributed by atoms with van der Waals surface area (Å²) < 4.78 is 5.16. The molecular formula is C13H9ClN2OS. The van der Waals surface area contributed by atoms with Crippen LogP contribution < -0.4 is 4.74 Å². The number of hydrogen-bond donors (Lipinski definition) is 0. The van der Waals surface area contributed by atoms with Gasteiger partial charge in [0.05, 0.1) is 17.5 Å². The van der Waals surface area contributed by atoms with E-state index < -0.39 is 0 Å². The Kier molecular flexibility index (Phi) is 2.89. The maximum absolute atomic E-state index is 6.18. The molecule has 0 bridgehead atoms. The lowest BCUT2D eigenvalue weighted by atomic mass is 10.2. The van der Waals surface area contributed by atoms with E-state index in [0.29, 0.717) is 11.0 Å². The van der Waals surface area contributed by atoms with Gasteiger partial charge in [0.25, 0.3) is 0 Å². The van der Waals surface area contributed by atoms with Gasteiger partial charge in [-0.15, -0.1) is 11.3 Å². The van der Waals surface area contributed by atoms with E-state index in [2.05, 4.69) is 9.97 Å². The molecule has 0 spiro atoms. The van der Waals surface area contributed by atoms with E-state index in [9.17, 15) is 0 Å². The van der Waals surface area contributed by atoms with Gasteiger partial charge in [0, 0.05) is 16.8 Å². The minimum absolute atomic E-state index is 0.475. The molecule has 3 aromatic rings. The molecule has 90 valence electrons. The van der Waals surface area contributed by atoms with Crippen LogP contribution >= 0.6 is 22.9 Å². The SMILES string of the molecule is COc1csc(-c2nc(Cl)c3ccccc3n2)c1. The second-order valence-electron chi connectivity index (χ2n) is 3.71. The van der Waals surface area contributed by atoms with E-state index in [4.69, 9.17) is 16.3 Å². The second-order valence-corrected chi connectivity index (χ2v) is 4.98. The summed E-state index contributed by atoms with van der Waals surface area (Å²) >= 11 is 7.71. The summed E-state index contributed by atoms with van der Waals surface area (Å²) in [6.45, 7) is 0. The number of rotatable bonds is 2. The molecule has 0 radical (unpaired) electrons. The first-order valence-electron chi connectivity index (χ1n) is 5.33. The van der Waals surface area contributed by atoms with E-state index in [1.165, 1.54) is 11.3 Å². The van der Waals surface area contributed by atoms with Crippen LogP contribution in [0.1, 0.15) is 0 Å². The predicted octanol–water partition coefficient (Wildman–Crippen LogP) is 4.02. The molecule has 18 heavy (non-hydrogen) atoms. The molecule has 0 aliphatic rings. The van der Waals surface area contributed by atoms with Gasteiger partial charge in [-0.25, -0.2) is 9.97 Å². The third-order valence-corrected chi connectivity index (χ3v) is 3.78. The first-order chi connectivity index (χ1) is 8.78. The summed E-state index contributed by atoms with van der Waals surface area (Å²) in [5.41, 5.74) is 0.847. The van der Waals surface area contributed by atoms with Crippen molar-refractivity contribution in [2.45, 2.75) is 0 Å². The zero-order valence-corrected chi connectivity index (χ0v) is 11.1. The molecule has 0 saturated carbocycles. The molecule has 3 nitrogen and oxygen atoms in total. The highest BCUT2D eigenvalue weighted by Gasteiger charge is 2.09. The Morgan fingerprint density at radius 3 is 2.83 bits per heavy atom. The van der Waals surface area contributed by atoms with Crippen molar-refractivity contribution in [1.82, 2.24) is 9.97 Å². The smallest absolute Gasteiger partial charge is 0.171 e. The van der Waals surface area contributed by atoms with Crippen LogP contribution in [0.3, 0.4) is 0 Å². The Morgan fingerprint density at radius 2 is 2.06 bits per heavy atom. The van der Waals surface area contributed by atoms with Gasteiger partial charge >= 0.3 is 0 Å². The minimum Gasteiger partial charge on any atom is -0.496 e. The van der Waals surface area contributed by atoms with Crippen LogP contribution in [0.4, 0.5) is 0 Å². The van der Waals surface area contributed by atoms with Crippen LogP contribution in [0.25, 0.3) is 21.6 Å². The van der Waals surface area contributed by atoms with E-state index in [1.807, 2.05) is 35.7 Å². The van der Waals surface area contributed by atoms with Crippen LogP contribution in [0.2, 0.25) is 5.15 Å². The van der Waals surface area contributed by atoms with Crippen molar-refractivity contribution in [2.75, 3.05) is 7.11 Å². The largest absolute Gasteiger partial charge is 0.496 e. The third kappa shape index (κ3) is 1.94. The zero-order chi connectivity index (χ0) is 12.5. The Bertz CT molecular complexity index is 711. The molecule has 0 amide bonds. The lowest BCUT2D eigenvalue weighted by molar-refractivity contribution is 0.417. The van der Waals surface area contributed by atoms with Gasteiger partial charge in [-0.05, 0) is 12.1 Å². The predicted molar refractivity (Wildman–Crippen MR) is 74.4 cm³/mol. The van der Waals surface area contributed by atoms with Crippen LogP contribution in [0.5, 0.6) is 5.75 Å². The maximum Gasteiger partial charge on any atom is 0.171 e. The fraction of sp³-hybridized carbons (Fsp3) is 0.0769. The highest BCUT2D eigenvalue weighted by molar-refractivity contribution is 7.13. The number of benzene rings is 1. The van der Waals surface area contributed by atoms with Gasteiger partial charge < -0.3 is 4.74 Å². The number of nitrogens with zero attached hydrogens (tertiary/aromatic N) is 2. The molecule has 0 atom stereocenters. The molecule has 0 aliphatic heterocycles. The Balaban J connectivity index is 2.18. The Labute approximate surface area is 113 Å². The normalized spacial score (nSPS) is 10.8. The van der Waals surface area contributed by atoms with Gasteiger partial charge in [0.2, 0.25) is 0 Å². The molecule has 1 aromatic carbocycles. The van der Waals surface area contributed by atoms with Crippen molar-refractivity contribution in [2.24, 2.45) is 0 Å². The molecule has 5 heteroatoms. The van der Waals surface area contributed by atoms with Crippen molar-refractivity contribution >= 4 is 33.8 Å². The molecule has 0 fully saturated rings. The third-order valence-electron chi connectivity index (χ3n) is 2.59. The second kappa shape index (κ2) is 4.55. The lowest BCUT2D eigenvalue weighted by Gasteiger charge is -2.02. The highest BCUT2D eigenvalue weighted by atomic mass is 35.5. The summed E-state index contributed by atoms with van der Waals surface area (Å²) in [5, 5.41) is 3.26. The number of methoxy groups -OCH3 is 1. The number of ether oxygens (including phenoxy) is 1. The molecule has 0 saturated heterocycles. The maximum atomic E-state index is 6.18. The standard InChI is InChI=1S/C13H9ClN2OS/c1-17-8-6-11(18-7-8)13-15-10-5-3-2-4-9(10)12(14)16-13/h2-7H,1H3. The van der Waals surface area contributed by atoms with E-state index in [0.717, 1.165) is 21.5 Å². The minimum atomic E-state index is 0.475. The highest BCUT2D eigenvalue weighted by Crippen LogP contribution is 2.31. The fourth-order valence-corrected chi connectivity index (χ4v) is 2.72. The van der Waals surface area contributed by atoms with Crippen LogP contribution in [-0.2, 0) is 0 Å². The number of halogens is 1. The molecule has 0 unspecified atom stereocenters. The van der Waals surface area contributed by atoms with Gasteiger partial charge in [-0.1, -0.05) is 23.7 Å². The Hall–Kier alpha value is -1.65. The average molecular weight is 277 g/mol. The van der Waals surface area contributed by atoms with Crippen molar-refractivity contribution < 1.29 is 4.74 Å². The topological polar surface area (TPSA) is 35.0 Å². The van der Waals surface area contributed by atoms with Crippen molar-refractivity contribution in [3.8, 4) is 16.5 Å². The number of fused-ring (bicyclic) bond motifs is 1. The number of hydrogen-bond acceptors (Lipinski definition) is 4. The van der Waals surface area contributed by atoms with E-state index in [1.54, 1.807) is 7.11 Å². The average Bonchev–Trinajstić information content (AvgIpc) is 2.87. The van der Waals surface area contributed by atoms with Gasteiger partial charge in [-0.2, -0.15) is 0 Å². The van der Waals surface area contributed by atoms with Gasteiger partial charge in [0.15, 0.2) is 5.82 Å². The van der Waals surface area contributed by atoms with Crippen molar-refractivity contribution in [3.05, 3.63) is 40.9 Å². The van der Waals surface area contributed by atoms with E-state index in [-0.39, 0.29) is 0 Å². The molecular weight excluding hydrogens is 268 g/mol. The fourth-order valence-electron chi connectivity index (χ4n) is 1.69. The van der Waals surface area contributed by atoms with Crippen molar-refractivity contribution in [3.63, 3.8) is 0 Å². The van der Waals surface area contributed by atoms with Crippen LogP contribution in [0, 0.1) is 0 Å². The first-order valence-corrected chi connectivity index (χ1v) is 6.59. The van der Waals surface area contributed by atoms with Crippen molar-refractivity contribution in [1.29, 1.82) is 0 Å².